The van der Waals surface area contributed by atoms with Crippen LogP contribution in [0.25, 0.3) is 0 Å². The number of aryl methyl sites for hydroxylation is 2. The summed E-state index contributed by atoms with van der Waals surface area (Å²) in [5, 5.41) is 13.0. The van der Waals surface area contributed by atoms with E-state index in [9.17, 15) is 4.79 Å². The molecule has 2 N–H and O–H groups in total. The summed E-state index contributed by atoms with van der Waals surface area (Å²) in [6.07, 6.45) is 1.68. The van der Waals surface area contributed by atoms with Gasteiger partial charge in [-0.25, -0.2) is 9.78 Å². The van der Waals surface area contributed by atoms with Gasteiger partial charge in [0.15, 0.2) is 0 Å². The molecule has 0 aromatic carbocycles. The quantitative estimate of drug-likeness (QED) is 0.792. The molecule has 1 atom stereocenters. The Hall–Kier alpha value is -1.20. The van der Waals surface area contributed by atoms with Gasteiger partial charge in [0.05, 0.1) is 10.7 Å². The molecular weight excluding hydrogens is 236 g/mol. The standard InChI is InChI=1S/C12H18N2O2S/c1-7(12(15)16)5-6-13-8(2)11-9(3)14-10(4)17-11/h5,8,13H,6H2,1-4H3,(H,15,16)/b7-5-. The molecule has 0 aliphatic rings. The van der Waals surface area contributed by atoms with Crippen LogP contribution in [0.1, 0.15) is 35.5 Å². The first kappa shape index (κ1) is 13.9. The van der Waals surface area contributed by atoms with Crippen LogP contribution in [0.3, 0.4) is 0 Å². The molecule has 1 aromatic rings. The van der Waals surface area contributed by atoms with Gasteiger partial charge in [-0.15, -0.1) is 11.3 Å². The van der Waals surface area contributed by atoms with Gasteiger partial charge in [-0.1, -0.05) is 6.08 Å². The third-order valence-corrected chi connectivity index (χ3v) is 3.76. The number of rotatable bonds is 5. The van der Waals surface area contributed by atoms with E-state index in [2.05, 4.69) is 17.2 Å². The van der Waals surface area contributed by atoms with Crippen molar-refractivity contribution >= 4 is 17.3 Å². The number of nitrogens with zero attached hydrogens (tertiary/aromatic N) is 1. The fraction of sp³-hybridized carbons (Fsp3) is 0.500. The Morgan fingerprint density at radius 2 is 2.24 bits per heavy atom. The Morgan fingerprint density at radius 3 is 2.71 bits per heavy atom. The fourth-order valence-electron chi connectivity index (χ4n) is 1.52. The minimum absolute atomic E-state index is 0.194. The van der Waals surface area contributed by atoms with Crippen molar-refractivity contribution < 1.29 is 9.90 Å². The maximum Gasteiger partial charge on any atom is 0.330 e. The number of aliphatic carboxylic acids is 1. The number of thiazole rings is 1. The Labute approximate surface area is 105 Å². The smallest absolute Gasteiger partial charge is 0.330 e. The van der Waals surface area contributed by atoms with Gasteiger partial charge in [0.25, 0.3) is 0 Å². The molecule has 0 radical (unpaired) electrons. The van der Waals surface area contributed by atoms with Gasteiger partial charge < -0.3 is 10.4 Å². The molecule has 4 nitrogen and oxygen atoms in total. The summed E-state index contributed by atoms with van der Waals surface area (Å²) in [6, 6.07) is 0.194. The molecule has 0 saturated carbocycles. The second kappa shape index (κ2) is 5.93. The Morgan fingerprint density at radius 1 is 1.59 bits per heavy atom. The monoisotopic (exact) mass is 254 g/mol. The number of hydrogen-bond donors (Lipinski definition) is 2. The van der Waals surface area contributed by atoms with Crippen molar-refractivity contribution in [3.05, 3.63) is 27.2 Å². The molecule has 0 aliphatic heterocycles. The Bertz CT molecular complexity index is 438. The molecule has 0 aliphatic carbocycles. The fourth-order valence-corrected chi connectivity index (χ4v) is 2.47. The van der Waals surface area contributed by atoms with E-state index in [4.69, 9.17) is 5.11 Å². The van der Waals surface area contributed by atoms with Crippen molar-refractivity contribution in [1.82, 2.24) is 10.3 Å². The van der Waals surface area contributed by atoms with E-state index < -0.39 is 5.97 Å². The summed E-state index contributed by atoms with van der Waals surface area (Å²) in [7, 11) is 0. The predicted octanol–water partition coefficient (Wildman–Crippen LogP) is 2.44. The molecule has 0 bridgehead atoms. The Balaban J connectivity index is 2.56. The lowest BCUT2D eigenvalue weighted by Crippen LogP contribution is -2.19. The van der Waals surface area contributed by atoms with E-state index in [-0.39, 0.29) is 6.04 Å². The summed E-state index contributed by atoms with van der Waals surface area (Å²) >= 11 is 1.68. The summed E-state index contributed by atoms with van der Waals surface area (Å²) in [5.74, 6) is -0.871. The van der Waals surface area contributed by atoms with E-state index in [0.29, 0.717) is 12.1 Å². The second-order valence-corrected chi connectivity index (χ2v) is 5.24. The van der Waals surface area contributed by atoms with Crippen molar-refractivity contribution in [2.45, 2.75) is 33.7 Å². The largest absolute Gasteiger partial charge is 0.478 e. The van der Waals surface area contributed by atoms with E-state index in [0.717, 1.165) is 10.7 Å². The molecule has 1 aromatic heterocycles. The normalized spacial score (nSPS) is 13.8. The molecule has 1 rings (SSSR count). The lowest BCUT2D eigenvalue weighted by atomic mass is 10.2. The molecule has 1 unspecified atom stereocenters. The molecule has 17 heavy (non-hydrogen) atoms. The van der Waals surface area contributed by atoms with Crippen LogP contribution >= 0.6 is 11.3 Å². The lowest BCUT2D eigenvalue weighted by molar-refractivity contribution is -0.132. The van der Waals surface area contributed by atoms with Crippen LogP contribution in [0.2, 0.25) is 0 Å². The second-order valence-electron chi connectivity index (χ2n) is 4.00. The third kappa shape index (κ3) is 3.94. The molecule has 94 valence electrons. The van der Waals surface area contributed by atoms with Crippen molar-refractivity contribution in [3.63, 3.8) is 0 Å². The summed E-state index contributed by atoms with van der Waals surface area (Å²) in [5.41, 5.74) is 1.41. The minimum Gasteiger partial charge on any atom is -0.478 e. The average molecular weight is 254 g/mol. The van der Waals surface area contributed by atoms with Gasteiger partial charge in [0, 0.05) is 23.0 Å². The van der Waals surface area contributed by atoms with Gasteiger partial charge in [0.1, 0.15) is 0 Å². The average Bonchev–Trinajstić information content (AvgIpc) is 2.57. The highest BCUT2D eigenvalue weighted by Gasteiger charge is 2.11. The third-order valence-electron chi connectivity index (χ3n) is 2.50. The topological polar surface area (TPSA) is 62.2 Å². The highest BCUT2D eigenvalue weighted by atomic mass is 32.1. The summed E-state index contributed by atoms with van der Waals surface area (Å²) < 4.78 is 0. The van der Waals surface area contributed by atoms with Crippen LogP contribution in [0.15, 0.2) is 11.6 Å². The Kier molecular flexibility index (Phi) is 4.84. The highest BCUT2D eigenvalue weighted by molar-refractivity contribution is 7.11. The van der Waals surface area contributed by atoms with E-state index >= 15 is 0 Å². The van der Waals surface area contributed by atoms with Crippen LogP contribution in [0.4, 0.5) is 0 Å². The first-order valence-electron chi connectivity index (χ1n) is 5.49. The van der Waals surface area contributed by atoms with Crippen molar-refractivity contribution in [2.75, 3.05) is 6.54 Å². The van der Waals surface area contributed by atoms with E-state index in [1.807, 2.05) is 13.8 Å². The molecular formula is C12H18N2O2S. The van der Waals surface area contributed by atoms with Gasteiger partial charge in [-0.05, 0) is 27.7 Å². The van der Waals surface area contributed by atoms with Crippen LogP contribution in [0, 0.1) is 13.8 Å². The minimum atomic E-state index is -0.871. The van der Waals surface area contributed by atoms with Crippen LogP contribution < -0.4 is 5.32 Å². The lowest BCUT2D eigenvalue weighted by Gasteiger charge is -2.11. The molecule has 0 saturated heterocycles. The zero-order valence-corrected chi connectivity index (χ0v) is 11.4. The number of carboxylic acid groups (broad SMARTS) is 1. The number of carbonyl (C=O) groups is 1. The van der Waals surface area contributed by atoms with Crippen LogP contribution in [-0.2, 0) is 4.79 Å². The maximum atomic E-state index is 10.6. The number of carboxylic acids is 1. The molecule has 0 amide bonds. The number of aromatic nitrogens is 1. The van der Waals surface area contributed by atoms with Crippen molar-refractivity contribution in [1.29, 1.82) is 0 Å². The van der Waals surface area contributed by atoms with Crippen molar-refractivity contribution in [2.24, 2.45) is 0 Å². The van der Waals surface area contributed by atoms with Gasteiger partial charge in [-0.3, -0.25) is 0 Å². The SMILES string of the molecule is C/C(=C/CNC(C)c1sc(C)nc1C)C(=O)O. The van der Waals surface area contributed by atoms with Crippen LogP contribution in [-0.4, -0.2) is 22.6 Å². The van der Waals surface area contributed by atoms with Gasteiger partial charge in [-0.2, -0.15) is 0 Å². The van der Waals surface area contributed by atoms with E-state index in [1.165, 1.54) is 4.88 Å². The first-order chi connectivity index (χ1) is 7.91. The summed E-state index contributed by atoms with van der Waals surface area (Å²) in [4.78, 5) is 16.2. The van der Waals surface area contributed by atoms with Gasteiger partial charge in [0.2, 0.25) is 0 Å². The summed E-state index contributed by atoms with van der Waals surface area (Å²) in [6.45, 7) is 8.19. The molecule has 0 spiro atoms. The van der Waals surface area contributed by atoms with Crippen molar-refractivity contribution in [3.8, 4) is 0 Å². The van der Waals surface area contributed by atoms with Crippen LogP contribution in [0.5, 0.6) is 0 Å². The highest BCUT2D eigenvalue weighted by Crippen LogP contribution is 2.24. The molecule has 0 fully saturated rings. The zero-order valence-electron chi connectivity index (χ0n) is 10.6. The van der Waals surface area contributed by atoms with Gasteiger partial charge >= 0.3 is 5.97 Å². The number of nitrogens with one attached hydrogen (secondary N) is 1. The zero-order chi connectivity index (χ0) is 13.0. The number of hydrogen-bond acceptors (Lipinski definition) is 4. The first-order valence-corrected chi connectivity index (χ1v) is 6.30. The molecule has 5 heteroatoms. The predicted molar refractivity (Wildman–Crippen MR) is 69.4 cm³/mol. The maximum absolute atomic E-state index is 10.6. The van der Waals surface area contributed by atoms with E-state index in [1.54, 1.807) is 24.3 Å². The molecule has 1 heterocycles.